The number of likely N-dealkylation sites (tertiary alicyclic amines) is 1. The van der Waals surface area contributed by atoms with Crippen molar-refractivity contribution >= 4 is 5.91 Å². The van der Waals surface area contributed by atoms with Gasteiger partial charge in [0, 0.05) is 32.3 Å². The molecule has 1 amide bonds. The van der Waals surface area contributed by atoms with Crippen LogP contribution in [0.25, 0.3) is 11.6 Å². The van der Waals surface area contributed by atoms with Gasteiger partial charge < -0.3 is 14.3 Å². The number of carbonyl (C=O) groups is 1. The first kappa shape index (κ1) is 17.7. The van der Waals surface area contributed by atoms with Gasteiger partial charge in [0.05, 0.1) is 6.54 Å². The Labute approximate surface area is 148 Å². The van der Waals surface area contributed by atoms with Gasteiger partial charge in [-0.2, -0.15) is 0 Å². The van der Waals surface area contributed by atoms with Crippen molar-refractivity contribution in [1.29, 1.82) is 0 Å². The Morgan fingerprint density at radius 3 is 2.92 bits per heavy atom. The van der Waals surface area contributed by atoms with Crippen molar-refractivity contribution in [1.82, 2.24) is 25.0 Å². The normalized spacial score (nSPS) is 18.4. The smallest absolute Gasteiger partial charge is 0.264 e. The van der Waals surface area contributed by atoms with Crippen LogP contribution in [-0.4, -0.2) is 44.7 Å². The summed E-state index contributed by atoms with van der Waals surface area (Å²) in [6.07, 6.45) is 4.53. The highest BCUT2D eigenvalue weighted by Crippen LogP contribution is 2.24. The van der Waals surface area contributed by atoms with Crippen LogP contribution in [0.1, 0.15) is 44.2 Å². The van der Waals surface area contributed by atoms with Gasteiger partial charge in [-0.1, -0.05) is 6.42 Å². The lowest BCUT2D eigenvalue weighted by molar-refractivity contribution is -0.119. The molecule has 25 heavy (non-hydrogen) atoms. The fraction of sp³-hybridized carbons (Fsp3) is 0.611. The SMILES string of the molecule is CC(=O)NCC[C@H]1CCCCN1Cc1nnc(-c2ccc(C)n2C)o1. The van der Waals surface area contributed by atoms with Crippen molar-refractivity contribution in [2.75, 3.05) is 13.1 Å². The summed E-state index contributed by atoms with van der Waals surface area (Å²) in [5, 5.41) is 11.3. The van der Waals surface area contributed by atoms with Crippen molar-refractivity contribution < 1.29 is 9.21 Å². The van der Waals surface area contributed by atoms with E-state index in [2.05, 4.69) is 25.0 Å². The molecule has 1 atom stereocenters. The molecule has 1 aliphatic rings. The molecular weight excluding hydrogens is 318 g/mol. The summed E-state index contributed by atoms with van der Waals surface area (Å²) in [4.78, 5) is 13.5. The molecule has 2 aromatic rings. The van der Waals surface area contributed by atoms with Crippen LogP contribution in [-0.2, 0) is 18.4 Å². The number of aromatic nitrogens is 3. The maximum absolute atomic E-state index is 11.1. The molecular formula is C18H27N5O2. The van der Waals surface area contributed by atoms with Gasteiger partial charge in [0.2, 0.25) is 11.8 Å². The second-order valence-electron chi connectivity index (χ2n) is 6.81. The van der Waals surface area contributed by atoms with Crippen molar-refractivity contribution in [3.8, 4) is 11.6 Å². The van der Waals surface area contributed by atoms with Crippen LogP contribution in [0.4, 0.5) is 0 Å². The van der Waals surface area contributed by atoms with Crippen LogP contribution in [0.3, 0.4) is 0 Å². The molecule has 1 saturated heterocycles. The zero-order valence-corrected chi connectivity index (χ0v) is 15.3. The average molecular weight is 345 g/mol. The Morgan fingerprint density at radius 2 is 2.20 bits per heavy atom. The summed E-state index contributed by atoms with van der Waals surface area (Å²) < 4.78 is 7.95. The fourth-order valence-electron chi connectivity index (χ4n) is 3.43. The maximum atomic E-state index is 11.1. The number of hydrogen-bond donors (Lipinski definition) is 1. The molecule has 2 aromatic heterocycles. The van der Waals surface area contributed by atoms with Gasteiger partial charge in [0.15, 0.2) is 0 Å². The largest absolute Gasteiger partial charge is 0.418 e. The number of carbonyl (C=O) groups excluding carboxylic acids is 1. The molecule has 0 bridgehead atoms. The number of nitrogens with zero attached hydrogens (tertiary/aromatic N) is 4. The highest BCUT2D eigenvalue weighted by atomic mass is 16.4. The van der Waals surface area contributed by atoms with Crippen LogP contribution in [0, 0.1) is 6.92 Å². The van der Waals surface area contributed by atoms with E-state index < -0.39 is 0 Å². The van der Waals surface area contributed by atoms with E-state index in [1.165, 1.54) is 12.8 Å². The molecule has 0 radical (unpaired) electrons. The third-order valence-electron chi connectivity index (χ3n) is 5.00. The van der Waals surface area contributed by atoms with Crippen LogP contribution in [0.15, 0.2) is 16.5 Å². The van der Waals surface area contributed by atoms with Gasteiger partial charge in [-0.15, -0.1) is 10.2 Å². The Morgan fingerprint density at radius 1 is 1.36 bits per heavy atom. The van der Waals surface area contributed by atoms with Gasteiger partial charge >= 0.3 is 0 Å². The highest BCUT2D eigenvalue weighted by molar-refractivity contribution is 5.72. The predicted molar refractivity (Wildman–Crippen MR) is 94.8 cm³/mol. The second kappa shape index (κ2) is 7.82. The highest BCUT2D eigenvalue weighted by Gasteiger charge is 2.24. The summed E-state index contributed by atoms with van der Waals surface area (Å²) in [5.74, 6) is 1.25. The van der Waals surface area contributed by atoms with Gasteiger partial charge in [0.25, 0.3) is 5.89 Å². The van der Waals surface area contributed by atoms with Crippen LogP contribution in [0.5, 0.6) is 0 Å². The minimum Gasteiger partial charge on any atom is -0.418 e. The van der Waals surface area contributed by atoms with E-state index in [9.17, 15) is 4.79 Å². The van der Waals surface area contributed by atoms with Gasteiger partial charge in [-0.05, 0) is 44.9 Å². The number of aryl methyl sites for hydroxylation is 1. The lowest BCUT2D eigenvalue weighted by Crippen LogP contribution is -2.41. The number of nitrogens with one attached hydrogen (secondary N) is 1. The molecule has 0 unspecified atom stereocenters. The third kappa shape index (κ3) is 4.28. The van der Waals surface area contributed by atoms with Crippen molar-refractivity contribution in [2.45, 2.75) is 52.1 Å². The number of piperidine rings is 1. The van der Waals surface area contributed by atoms with Crippen molar-refractivity contribution in [3.63, 3.8) is 0 Å². The molecule has 0 aliphatic carbocycles. The van der Waals surface area contributed by atoms with Gasteiger partial charge in [-0.25, -0.2) is 0 Å². The number of rotatable bonds is 6. The Bertz CT molecular complexity index is 721. The van der Waals surface area contributed by atoms with Crippen molar-refractivity contribution in [2.24, 2.45) is 7.05 Å². The summed E-state index contributed by atoms with van der Waals surface area (Å²) in [5.41, 5.74) is 2.10. The molecule has 3 rings (SSSR count). The zero-order valence-electron chi connectivity index (χ0n) is 15.3. The monoisotopic (exact) mass is 345 g/mol. The quantitative estimate of drug-likeness (QED) is 0.869. The molecule has 0 aromatic carbocycles. The lowest BCUT2D eigenvalue weighted by atomic mass is 9.99. The van der Waals surface area contributed by atoms with E-state index in [1.54, 1.807) is 6.92 Å². The van der Waals surface area contributed by atoms with Gasteiger partial charge in [0.1, 0.15) is 5.69 Å². The van der Waals surface area contributed by atoms with Crippen LogP contribution < -0.4 is 5.32 Å². The molecule has 7 nitrogen and oxygen atoms in total. The number of hydrogen-bond acceptors (Lipinski definition) is 5. The first-order valence-electron chi connectivity index (χ1n) is 8.98. The molecule has 1 aliphatic heterocycles. The second-order valence-corrected chi connectivity index (χ2v) is 6.81. The first-order chi connectivity index (χ1) is 12.0. The molecule has 0 saturated carbocycles. The van der Waals surface area contributed by atoms with E-state index in [-0.39, 0.29) is 5.91 Å². The lowest BCUT2D eigenvalue weighted by Gasteiger charge is -2.34. The topological polar surface area (TPSA) is 76.2 Å². The molecule has 1 N–H and O–H groups in total. The Balaban J connectivity index is 1.64. The molecule has 7 heteroatoms. The van der Waals surface area contributed by atoms with E-state index >= 15 is 0 Å². The zero-order chi connectivity index (χ0) is 17.8. The standard InChI is InChI=1S/C18H27N5O2/c1-13-7-8-16(22(13)3)18-21-20-17(25-18)12-23-11-5-4-6-15(23)9-10-19-14(2)24/h7-8,15H,4-6,9-12H2,1-3H3,(H,19,24)/t15-/m1/s1. The Hall–Kier alpha value is -2.15. The summed E-state index contributed by atoms with van der Waals surface area (Å²) in [6, 6.07) is 4.50. The Kier molecular flexibility index (Phi) is 5.53. The third-order valence-corrected chi connectivity index (χ3v) is 5.00. The van der Waals surface area contributed by atoms with E-state index in [0.717, 1.165) is 30.8 Å². The minimum absolute atomic E-state index is 0.0294. The van der Waals surface area contributed by atoms with Crippen molar-refractivity contribution in [3.05, 3.63) is 23.7 Å². The predicted octanol–water partition coefficient (Wildman–Crippen LogP) is 2.26. The number of amides is 1. The molecule has 0 spiro atoms. The summed E-state index contributed by atoms with van der Waals surface area (Å²) >= 11 is 0. The summed E-state index contributed by atoms with van der Waals surface area (Å²) in [7, 11) is 2.00. The molecule has 3 heterocycles. The average Bonchev–Trinajstić information content (AvgIpc) is 3.16. The van der Waals surface area contributed by atoms with Gasteiger partial charge in [-0.3, -0.25) is 9.69 Å². The van der Waals surface area contributed by atoms with E-state index in [4.69, 9.17) is 4.42 Å². The van der Waals surface area contributed by atoms with E-state index in [1.807, 2.05) is 26.1 Å². The fourth-order valence-corrected chi connectivity index (χ4v) is 3.43. The molecule has 136 valence electrons. The van der Waals surface area contributed by atoms with E-state index in [0.29, 0.717) is 30.9 Å². The molecule has 1 fully saturated rings. The van der Waals surface area contributed by atoms with Crippen LogP contribution in [0.2, 0.25) is 0 Å². The summed E-state index contributed by atoms with van der Waals surface area (Å²) in [6.45, 7) is 6.03. The maximum Gasteiger partial charge on any atom is 0.264 e. The van der Waals surface area contributed by atoms with Crippen LogP contribution >= 0.6 is 0 Å². The first-order valence-corrected chi connectivity index (χ1v) is 8.98. The minimum atomic E-state index is 0.0294.